The van der Waals surface area contributed by atoms with Crippen LogP contribution in [-0.4, -0.2) is 21.2 Å². The Morgan fingerprint density at radius 1 is 1.33 bits per heavy atom. The monoisotopic (exact) mass is 303 g/mol. The Kier molecular flexibility index (Phi) is 5.44. The average Bonchev–Trinajstić information content (AvgIpc) is 2.85. The quantitative estimate of drug-likeness (QED) is 0.828. The number of rotatable bonds is 6. The number of carbonyl (C=O) groups is 1. The summed E-state index contributed by atoms with van der Waals surface area (Å²) in [6, 6.07) is 8.03. The number of amides is 1. The van der Waals surface area contributed by atoms with Crippen molar-refractivity contribution < 1.29 is 4.79 Å². The summed E-state index contributed by atoms with van der Waals surface area (Å²) in [5, 5.41) is 3.86. The van der Waals surface area contributed by atoms with Gasteiger partial charge in [0.25, 0.3) is 0 Å². The first-order chi connectivity index (χ1) is 10.1. The molecule has 5 heteroatoms. The molecular weight excluding hydrogens is 282 g/mol. The van der Waals surface area contributed by atoms with Crippen molar-refractivity contribution in [3.05, 3.63) is 42.2 Å². The molecule has 0 fully saturated rings. The summed E-state index contributed by atoms with van der Waals surface area (Å²) in [7, 11) is 1.95. The van der Waals surface area contributed by atoms with Crippen LogP contribution in [0.1, 0.15) is 31.7 Å². The van der Waals surface area contributed by atoms with Crippen molar-refractivity contribution in [2.75, 3.05) is 11.1 Å². The standard InChI is InChI=1S/C16H21N3OS/c1-12(2)13-4-6-14(7-5-13)18-15(20)8-11-21-16-17-9-10-19(16)3/h4-7,9-10,12H,8,11H2,1-3H3,(H,18,20). The maximum absolute atomic E-state index is 11.9. The smallest absolute Gasteiger partial charge is 0.225 e. The molecule has 0 aliphatic rings. The van der Waals surface area contributed by atoms with E-state index in [1.165, 1.54) is 5.56 Å². The van der Waals surface area contributed by atoms with Crippen molar-refractivity contribution in [3.8, 4) is 0 Å². The lowest BCUT2D eigenvalue weighted by molar-refractivity contribution is -0.115. The minimum Gasteiger partial charge on any atom is -0.329 e. The van der Waals surface area contributed by atoms with E-state index in [2.05, 4.69) is 36.3 Å². The molecule has 0 saturated heterocycles. The molecule has 2 aromatic rings. The zero-order valence-corrected chi connectivity index (χ0v) is 13.5. The summed E-state index contributed by atoms with van der Waals surface area (Å²) < 4.78 is 1.95. The molecule has 0 spiro atoms. The highest BCUT2D eigenvalue weighted by atomic mass is 32.2. The van der Waals surface area contributed by atoms with Gasteiger partial charge >= 0.3 is 0 Å². The Labute approximate surface area is 130 Å². The number of benzene rings is 1. The van der Waals surface area contributed by atoms with Crippen molar-refractivity contribution in [1.82, 2.24) is 9.55 Å². The zero-order valence-electron chi connectivity index (χ0n) is 12.7. The molecule has 112 valence electrons. The van der Waals surface area contributed by atoms with Gasteiger partial charge in [0.15, 0.2) is 5.16 Å². The molecule has 1 amide bonds. The van der Waals surface area contributed by atoms with Crippen LogP contribution in [0.15, 0.2) is 41.8 Å². The largest absolute Gasteiger partial charge is 0.329 e. The maximum Gasteiger partial charge on any atom is 0.225 e. The summed E-state index contributed by atoms with van der Waals surface area (Å²) in [4.78, 5) is 16.1. The Morgan fingerprint density at radius 2 is 2.05 bits per heavy atom. The number of hydrogen-bond donors (Lipinski definition) is 1. The Morgan fingerprint density at radius 3 is 2.62 bits per heavy atom. The van der Waals surface area contributed by atoms with Gasteiger partial charge in [-0.3, -0.25) is 4.79 Å². The van der Waals surface area contributed by atoms with Crippen molar-refractivity contribution in [3.63, 3.8) is 0 Å². The Hall–Kier alpha value is -1.75. The van der Waals surface area contributed by atoms with Crippen LogP contribution < -0.4 is 5.32 Å². The summed E-state index contributed by atoms with van der Waals surface area (Å²) >= 11 is 1.59. The second kappa shape index (κ2) is 7.31. The van der Waals surface area contributed by atoms with Crippen LogP contribution in [0.5, 0.6) is 0 Å². The topological polar surface area (TPSA) is 46.9 Å². The van der Waals surface area contributed by atoms with Gasteiger partial charge in [0, 0.05) is 37.3 Å². The molecule has 0 aliphatic carbocycles. The second-order valence-electron chi connectivity index (χ2n) is 5.24. The Bertz CT molecular complexity index is 590. The number of anilines is 1. The summed E-state index contributed by atoms with van der Waals surface area (Å²) in [6.07, 6.45) is 4.14. The molecule has 0 aliphatic heterocycles. The van der Waals surface area contributed by atoms with Gasteiger partial charge in [0.2, 0.25) is 5.91 Å². The molecule has 0 saturated carbocycles. The minimum absolute atomic E-state index is 0.0361. The lowest BCUT2D eigenvalue weighted by atomic mass is 10.0. The Balaban J connectivity index is 1.78. The van der Waals surface area contributed by atoms with Crippen LogP contribution >= 0.6 is 11.8 Å². The van der Waals surface area contributed by atoms with E-state index in [0.29, 0.717) is 12.3 Å². The summed E-state index contributed by atoms with van der Waals surface area (Å²) in [5.41, 5.74) is 2.13. The maximum atomic E-state index is 11.9. The van der Waals surface area contributed by atoms with Crippen LogP contribution in [0.25, 0.3) is 0 Å². The van der Waals surface area contributed by atoms with Crippen LogP contribution in [-0.2, 0) is 11.8 Å². The van der Waals surface area contributed by atoms with Crippen molar-refractivity contribution in [2.45, 2.75) is 31.3 Å². The van der Waals surface area contributed by atoms with E-state index in [4.69, 9.17) is 0 Å². The van der Waals surface area contributed by atoms with E-state index in [1.54, 1.807) is 18.0 Å². The number of nitrogens with one attached hydrogen (secondary N) is 1. The number of imidazole rings is 1. The third-order valence-corrected chi connectivity index (χ3v) is 4.26. The summed E-state index contributed by atoms with van der Waals surface area (Å²) in [6.45, 7) is 4.31. The highest BCUT2D eigenvalue weighted by Gasteiger charge is 2.06. The molecule has 4 nitrogen and oxygen atoms in total. The number of hydrogen-bond acceptors (Lipinski definition) is 3. The van der Waals surface area contributed by atoms with E-state index < -0.39 is 0 Å². The third kappa shape index (κ3) is 4.63. The van der Waals surface area contributed by atoms with Crippen LogP contribution in [0.2, 0.25) is 0 Å². The fourth-order valence-corrected chi connectivity index (χ4v) is 2.77. The van der Waals surface area contributed by atoms with E-state index in [1.807, 2.05) is 29.9 Å². The van der Waals surface area contributed by atoms with Gasteiger partial charge in [-0.1, -0.05) is 37.7 Å². The molecule has 1 N–H and O–H groups in total. The molecule has 0 unspecified atom stereocenters. The number of aryl methyl sites for hydroxylation is 1. The lowest BCUT2D eigenvalue weighted by Gasteiger charge is -2.08. The summed E-state index contributed by atoms with van der Waals surface area (Å²) in [5.74, 6) is 1.26. The van der Waals surface area contributed by atoms with Gasteiger partial charge in [0.1, 0.15) is 0 Å². The fourth-order valence-electron chi connectivity index (χ4n) is 1.90. The van der Waals surface area contributed by atoms with Crippen LogP contribution in [0.4, 0.5) is 5.69 Å². The average molecular weight is 303 g/mol. The SMILES string of the molecule is CC(C)c1ccc(NC(=O)CCSc2nccn2C)cc1. The predicted octanol–water partition coefficient (Wildman–Crippen LogP) is 3.66. The van der Waals surface area contributed by atoms with Crippen LogP contribution in [0, 0.1) is 0 Å². The van der Waals surface area contributed by atoms with Crippen molar-refractivity contribution in [1.29, 1.82) is 0 Å². The van der Waals surface area contributed by atoms with E-state index >= 15 is 0 Å². The molecule has 1 aromatic heterocycles. The number of thioether (sulfide) groups is 1. The van der Waals surface area contributed by atoms with Gasteiger partial charge in [-0.15, -0.1) is 0 Å². The number of aromatic nitrogens is 2. The van der Waals surface area contributed by atoms with Gasteiger partial charge in [-0.05, 0) is 23.6 Å². The number of carbonyl (C=O) groups excluding carboxylic acids is 1. The fraction of sp³-hybridized carbons (Fsp3) is 0.375. The molecule has 0 bridgehead atoms. The van der Waals surface area contributed by atoms with Crippen molar-refractivity contribution >= 4 is 23.4 Å². The predicted molar refractivity (Wildman–Crippen MR) is 87.7 cm³/mol. The van der Waals surface area contributed by atoms with Gasteiger partial charge in [-0.25, -0.2) is 4.98 Å². The molecule has 1 heterocycles. The van der Waals surface area contributed by atoms with Crippen molar-refractivity contribution in [2.24, 2.45) is 7.05 Å². The van der Waals surface area contributed by atoms with Gasteiger partial charge in [-0.2, -0.15) is 0 Å². The third-order valence-electron chi connectivity index (χ3n) is 3.20. The van der Waals surface area contributed by atoms with E-state index in [0.717, 1.165) is 16.6 Å². The molecule has 0 atom stereocenters. The van der Waals surface area contributed by atoms with E-state index in [9.17, 15) is 4.79 Å². The first-order valence-electron chi connectivity index (χ1n) is 7.06. The molecule has 0 radical (unpaired) electrons. The zero-order chi connectivity index (χ0) is 15.2. The normalized spacial score (nSPS) is 10.9. The first-order valence-corrected chi connectivity index (χ1v) is 8.04. The van der Waals surface area contributed by atoms with E-state index in [-0.39, 0.29) is 5.91 Å². The number of nitrogens with zero attached hydrogens (tertiary/aromatic N) is 2. The first kappa shape index (κ1) is 15.6. The minimum atomic E-state index is 0.0361. The molecule has 21 heavy (non-hydrogen) atoms. The highest BCUT2D eigenvalue weighted by molar-refractivity contribution is 7.99. The van der Waals surface area contributed by atoms with Gasteiger partial charge in [0.05, 0.1) is 0 Å². The lowest BCUT2D eigenvalue weighted by Crippen LogP contribution is -2.12. The highest BCUT2D eigenvalue weighted by Crippen LogP contribution is 2.18. The van der Waals surface area contributed by atoms with Gasteiger partial charge < -0.3 is 9.88 Å². The molecular formula is C16H21N3OS. The molecule has 2 rings (SSSR count). The molecule has 1 aromatic carbocycles. The van der Waals surface area contributed by atoms with Crippen LogP contribution in [0.3, 0.4) is 0 Å². The second-order valence-corrected chi connectivity index (χ2v) is 6.31.